The number of carbonyl (C=O) groups is 1. The van der Waals surface area contributed by atoms with Crippen molar-refractivity contribution in [3.63, 3.8) is 0 Å². The number of benzene rings is 1. The number of esters is 1. The molecule has 1 saturated heterocycles. The Hall–Kier alpha value is -1.40. The highest BCUT2D eigenvalue weighted by Crippen LogP contribution is 2.28. The van der Waals surface area contributed by atoms with E-state index in [-0.39, 0.29) is 17.8 Å². The first-order valence-corrected chi connectivity index (χ1v) is 8.62. The van der Waals surface area contributed by atoms with Gasteiger partial charge in [-0.15, -0.1) is 0 Å². The lowest BCUT2D eigenvalue weighted by molar-refractivity contribution is -0.151. The molecular weight excluding hydrogens is 290 g/mol. The van der Waals surface area contributed by atoms with Crippen LogP contribution in [0.3, 0.4) is 0 Å². The molecule has 1 heterocycles. The van der Waals surface area contributed by atoms with E-state index < -0.39 is 10.0 Å². The molecule has 0 radical (unpaired) electrons. The number of sulfonamides is 1. The molecule has 6 heteroatoms. The van der Waals surface area contributed by atoms with Gasteiger partial charge in [0.1, 0.15) is 0 Å². The maximum Gasteiger partial charge on any atom is 0.309 e. The topological polar surface area (TPSA) is 63.7 Å². The van der Waals surface area contributed by atoms with Crippen molar-refractivity contribution in [2.75, 3.05) is 19.7 Å². The highest BCUT2D eigenvalue weighted by Gasteiger charge is 2.37. The summed E-state index contributed by atoms with van der Waals surface area (Å²) in [5.74, 6) is -0.481. The largest absolute Gasteiger partial charge is 0.466 e. The van der Waals surface area contributed by atoms with Crippen LogP contribution >= 0.6 is 0 Å². The van der Waals surface area contributed by atoms with Gasteiger partial charge in [0.25, 0.3) is 0 Å². The first-order chi connectivity index (χ1) is 9.96. The van der Waals surface area contributed by atoms with Crippen molar-refractivity contribution in [2.45, 2.75) is 25.2 Å². The van der Waals surface area contributed by atoms with Crippen LogP contribution in [0.4, 0.5) is 0 Å². The second-order valence-electron chi connectivity index (χ2n) is 5.30. The van der Waals surface area contributed by atoms with E-state index in [0.29, 0.717) is 31.0 Å². The number of ether oxygens (including phenoxy) is 1. The van der Waals surface area contributed by atoms with Gasteiger partial charge in [-0.2, -0.15) is 4.31 Å². The van der Waals surface area contributed by atoms with Gasteiger partial charge < -0.3 is 4.74 Å². The summed E-state index contributed by atoms with van der Waals surface area (Å²) in [7, 11) is -3.48. The molecule has 0 amide bonds. The van der Waals surface area contributed by atoms with E-state index in [9.17, 15) is 13.2 Å². The molecule has 0 bridgehead atoms. The summed E-state index contributed by atoms with van der Waals surface area (Å²) in [6.07, 6.45) is 0.506. The summed E-state index contributed by atoms with van der Waals surface area (Å²) in [5, 5.41) is 0. The van der Waals surface area contributed by atoms with Gasteiger partial charge in [-0.05, 0) is 31.4 Å². The van der Waals surface area contributed by atoms with E-state index in [1.54, 1.807) is 37.3 Å². The number of piperidine rings is 1. The van der Waals surface area contributed by atoms with E-state index in [1.165, 1.54) is 4.31 Å². The summed E-state index contributed by atoms with van der Waals surface area (Å²) in [6.45, 7) is 4.73. The normalized spacial score (nSPS) is 23.7. The van der Waals surface area contributed by atoms with Crippen LogP contribution in [0.25, 0.3) is 0 Å². The van der Waals surface area contributed by atoms with Crippen molar-refractivity contribution in [3.8, 4) is 0 Å². The summed E-state index contributed by atoms with van der Waals surface area (Å²) in [4.78, 5) is 12.1. The van der Waals surface area contributed by atoms with E-state index >= 15 is 0 Å². The smallest absolute Gasteiger partial charge is 0.309 e. The van der Waals surface area contributed by atoms with Crippen molar-refractivity contribution in [2.24, 2.45) is 11.8 Å². The van der Waals surface area contributed by atoms with Gasteiger partial charge in [0.15, 0.2) is 0 Å². The second-order valence-corrected chi connectivity index (χ2v) is 7.24. The maximum atomic E-state index is 12.5. The van der Waals surface area contributed by atoms with Crippen molar-refractivity contribution < 1.29 is 17.9 Å². The van der Waals surface area contributed by atoms with Gasteiger partial charge >= 0.3 is 5.97 Å². The predicted molar refractivity (Wildman–Crippen MR) is 79.1 cm³/mol. The van der Waals surface area contributed by atoms with Crippen LogP contribution in [0.5, 0.6) is 0 Å². The van der Waals surface area contributed by atoms with Crippen molar-refractivity contribution in [3.05, 3.63) is 30.3 Å². The van der Waals surface area contributed by atoms with E-state index in [2.05, 4.69) is 0 Å². The molecule has 0 aliphatic carbocycles. The molecular formula is C15H21NO4S. The number of hydrogen-bond donors (Lipinski definition) is 0. The van der Waals surface area contributed by atoms with Crippen molar-refractivity contribution in [1.82, 2.24) is 4.31 Å². The van der Waals surface area contributed by atoms with Gasteiger partial charge in [-0.1, -0.05) is 25.1 Å². The summed E-state index contributed by atoms with van der Waals surface area (Å²) < 4.78 is 31.6. The molecule has 0 spiro atoms. The van der Waals surface area contributed by atoms with Crippen molar-refractivity contribution in [1.29, 1.82) is 0 Å². The fourth-order valence-corrected chi connectivity index (χ4v) is 4.24. The predicted octanol–water partition coefficient (Wildman–Crippen LogP) is 1.90. The van der Waals surface area contributed by atoms with Crippen LogP contribution in [0.1, 0.15) is 20.3 Å². The minimum absolute atomic E-state index is 0.0451. The van der Waals surface area contributed by atoms with Crippen LogP contribution < -0.4 is 0 Å². The molecule has 0 saturated carbocycles. The molecule has 0 unspecified atom stereocenters. The lowest BCUT2D eigenvalue weighted by Gasteiger charge is -2.34. The van der Waals surface area contributed by atoms with Crippen LogP contribution in [-0.4, -0.2) is 38.4 Å². The monoisotopic (exact) mass is 311 g/mol. The fraction of sp³-hybridized carbons (Fsp3) is 0.533. The maximum absolute atomic E-state index is 12.5. The Labute approximate surface area is 126 Å². The van der Waals surface area contributed by atoms with Gasteiger partial charge in [0.05, 0.1) is 17.4 Å². The van der Waals surface area contributed by atoms with Crippen LogP contribution in [0.2, 0.25) is 0 Å². The van der Waals surface area contributed by atoms with E-state index in [1.807, 2.05) is 6.92 Å². The summed E-state index contributed by atoms with van der Waals surface area (Å²) >= 11 is 0. The number of hydrogen-bond acceptors (Lipinski definition) is 4. The average Bonchev–Trinajstić information content (AvgIpc) is 2.48. The Morgan fingerprint density at radius 3 is 2.57 bits per heavy atom. The standard InChI is InChI=1S/C15H21NO4S/c1-3-20-15(17)14-9-10-16(11-12(14)2)21(18,19)13-7-5-4-6-8-13/h4-8,12,14H,3,9-11H2,1-2H3/t12-,14-/m1/s1. The van der Waals surface area contributed by atoms with Crippen molar-refractivity contribution >= 4 is 16.0 Å². The van der Waals surface area contributed by atoms with Crippen LogP contribution in [-0.2, 0) is 19.6 Å². The quantitative estimate of drug-likeness (QED) is 0.797. The summed E-state index contributed by atoms with van der Waals surface area (Å²) in [6, 6.07) is 8.40. The molecule has 1 aliphatic rings. The third-order valence-electron chi connectivity index (χ3n) is 3.84. The zero-order valence-corrected chi connectivity index (χ0v) is 13.2. The Kier molecular flexibility index (Phi) is 5.00. The van der Waals surface area contributed by atoms with Crippen LogP contribution in [0.15, 0.2) is 35.2 Å². The molecule has 5 nitrogen and oxygen atoms in total. The minimum atomic E-state index is -3.48. The Bertz CT molecular complexity index is 585. The molecule has 2 atom stereocenters. The van der Waals surface area contributed by atoms with Gasteiger partial charge in [-0.25, -0.2) is 8.42 Å². The molecule has 21 heavy (non-hydrogen) atoms. The first kappa shape index (κ1) is 16.0. The van der Waals surface area contributed by atoms with Gasteiger partial charge in [0.2, 0.25) is 10.0 Å². The molecule has 2 rings (SSSR count). The third-order valence-corrected chi connectivity index (χ3v) is 5.72. The molecule has 116 valence electrons. The van der Waals surface area contributed by atoms with Crippen LogP contribution in [0, 0.1) is 11.8 Å². The SMILES string of the molecule is CCOC(=O)[C@@H]1CCN(S(=O)(=O)c2ccccc2)C[C@H]1C. The number of carbonyl (C=O) groups excluding carboxylic acids is 1. The average molecular weight is 311 g/mol. The molecule has 1 aromatic carbocycles. The minimum Gasteiger partial charge on any atom is -0.466 e. The molecule has 0 aromatic heterocycles. The lowest BCUT2D eigenvalue weighted by Crippen LogP contribution is -2.45. The zero-order chi connectivity index (χ0) is 15.5. The molecule has 1 aromatic rings. The second kappa shape index (κ2) is 6.58. The third kappa shape index (κ3) is 3.44. The fourth-order valence-electron chi connectivity index (χ4n) is 2.67. The Morgan fingerprint density at radius 2 is 2.00 bits per heavy atom. The zero-order valence-electron chi connectivity index (χ0n) is 12.4. The number of rotatable bonds is 4. The lowest BCUT2D eigenvalue weighted by atomic mass is 9.88. The highest BCUT2D eigenvalue weighted by molar-refractivity contribution is 7.89. The number of nitrogens with zero attached hydrogens (tertiary/aromatic N) is 1. The highest BCUT2D eigenvalue weighted by atomic mass is 32.2. The molecule has 1 aliphatic heterocycles. The van der Waals surface area contributed by atoms with Gasteiger partial charge in [-0.3, -0.25) is 4.79 Å². The summed E-state index contributed by atoms with van der Waals surface area (Å²) in [5.41, 5.74) is 0. The Balaban J connectivity index is 2.11. The first-order valence-electron chi connectivity index (χ1n) is 7.18. The van der Waals surface area contributed by atoms with E-state index in [0.717, 1.165) is 0 Å². The Morgan fingerprint density at radius 1 is 1.33 bits per heavy atom. The van der Waals surface area contributed by atoms with E-state index in [4.69, 9.17) is 4.74 Å². The van der Waals surface area contributed by atoms with Gasteiger partial charge in [0, 0.05) is 13.1 Å². The molecule has 0 N–H and O–H groups in total. The molecule has 1 fully saturated rings.